The van der Waals surface area contributed by atoms with Gasteiger partial charge in [0.25, 0.3) is 0 Å². The zero-order valence-electron chi connectivity index (χ0n) is 17.9. The lowest BCUT2D eigenvalue weighted by atomic mass is 10.2. The lowest BCUT2D eigenvalue weighted by molar-refractivity contribution is -0.793. The smallest absolute Gasteiger partial charge is 0.277 e. The molecule has 2 aromatic carbocycles. The number of aromatic nitrogens is 5. The molecule has 156 valence electrons. The van der Waals surface area contributed by atoms with Crippen LogP contribution in [0.1, 0.15) is 24.4 Å². The Bertz CT molecular complexity index is 1190. The van der Waals surface area contributed by atoms with Gasteiger partial charge in [0.15, 0.2) is 10.3 Å². The third kappa shape index (κ3) is 3.36. The fraction of sp³-hybridized carbons (Fsp3) is 0.217. The van der Waals surface area contributed by atoms with E-state index in [-0.39, 0.29) is 0 Å². The third-order valence-electron chi connectivity index (χ3n) is 5.36. The Balaban J connectivity index is 1.75. The van der Waals surface area contributed by atoms with Crippen molar-refractivity contribution in [3.63, 3.8) is 0 Å². The summed E-state index contributed by atoms with van der Waals surface area (Å²) in [6.45, 7) is 8.51. The Hall–Kier alpha value is -2.97. The van der Waals surface area contributed by atoms with E-state index in [4.69, 9.17) is 4.98 Å². The topological polar surface area (TPSA) is 50.7 Å². The van der Waals surface area contributed by atoms with Gasteiger partial charge in [0, 0.05) is 22.9 Å². The van der Waals surface area contributed by atoms with Gasteiger partial charge in [-0.3, -0.25) is 4.90 Å². The van der Waals surface area contributed by atoms with Crippen molar-refractivity contribution in [2.75, 3.05) is 4.90 Å². The fourth-order valence-corrected chi connectivity index (χ4v) is 6.04. The molecule has 0 saturated carbocycles. The average molecular weight is 448 g/mol. The summed E-state index contributed by atoms with van der Waals surface area (Å²) in [4.78, 5) is 10.9. The van der Waals surface area contributed by atoms with E-state index in [0.717, 1.165) is 27.9 Å². The molecule has 0 aliphatic carbocycles. The monoisotopic (exact) mass is 447 g/mol. The molecule has 5 rings (SSSR count). The first-order valence-corrected chi connectivity index (χ1v) is 11.7. The number of anilines is 1. The standard InChI is InChI=1S/C23H23N6S2/c1-16-15-27(22-24-17(2)18(3)30-22)23(4,31-16)28-21(19-11-7-5-8-12-19)25-26-29(28)20-13-9-6-10-14-20/h5-15H,1-4H3/q+1. The Morgan fingerprint density at radius 3 is 2.26 bits per heavy atom. The molecule has 2 aromatic heterocycles. The van der Waals surface area contributed by atoms with Gasteiger partial charge < -0.3 is 0 Å². The van der Waals surface area contributed by atoms with Crippen LogP contribution < -0.4 is 9.58 Å². The highest BCUT2D eigenvalue weighted by Gasteiger charge is 2.49. The number of nitrogens with zero attached hydrogens (tertiary/aromatic N) is 6. The molecule has 0 saturated heterocycles. The summed E-state index contributed by atoms with van der Waals surface area (Å²) in [6.07, 6.45) is 2.17. The molecule has 0 bridgehead atoms. The molecule has 1 aliphatic rings. The first-order chi connectivity index (χ1) is 15.0. The van der Waals surface area contributed by atoms with Crippen LogP contribution in [0.4, 0.5) is 5.13 Å². The second-order valence-corrected chi connectivity index (χ2v) is 10.4. The predicted molar refractivity (Wildman–Crippen MR) is 126 cm³/mol. The SMILES string of the molecule is CC1=CN(c2nc(C)c(C)s2)C(C)([n+]2c(-c3ccccc3)nnn2-c2ccccc2)S1. The first kappa shape index (κ1) is 20.0. The van der Waals surface area contributed by atoms with Crippen LogP contribution in [0.2, 0.25) is 0 Å². The molecule has 6 nitrogen and oxygen atoms in total. The minimum Gasteiger partial charge on any atom is -0.277 e. The molecule has 4 aromatic rings. The Kier molecular flexibility index (Phi) is 4.91. The minimum atomic E-state index is -0.536. The third-order valence-corrected chi connectivity index (χ3v) is 7.62. The van der Waals surface area contributed by atoms with Crippen molar-refractivity contribution >= 4 is 28.2 Å². The van der Waals surface area contributed by atoms with Gasteiger partial charge in [-0.05, 0) is 49.8 Å². The molecular weight excluding hydrogens is 424 g/mol. The molecule has 0 amide bonds. The average Bonchev–Trinajstić information content (AvgIpc) is 3.45. The number of allylic oxidation sites excluding steroid dienone is 1. The van der Waals surface area contributed by atoms with Crippen molar-refractivity contribution in [2.24, 2.45) is 0 Å². The Morgan fingerprint density at radius 2 is 1.61 bits per heavy atom. The summed E-state index contributed by atoms with van der Waals surface area (Å²) in [6, 6.07) is 20.3. The maximum Gasteiger partial charge on any atom is 0.335 e. The summed E-state index contributed by atoms with van der Waals surface area (Å²) in [7, 11) is 0. The number of aryl methyl sites for hydroxylation is 2. The number of hydrogen-bond acceptors (Lipinski definition) is 6. The van der Waals surface area contributed by atoms with Gasteiger partial charge in [-0.1, -0.05) is 48.2 Å². The van der Waals surface area contributed by atoms with Crippen molar-refractivity contribution in [1.82, 2.24) is 20.1 Å². The molecule has 1 atom stereocenters. The first-order valence-electron chi connectivity index (χ1n) is 10.1. The van der Waals surface area contributed by atoms with E-state index in [1.54, 1.807) is 23.1 Å². The highest BCUT2D eigenvalue weighted by atomic mass is 32.2. The number of para-hydroxylation sites is 1. The number of hydrogen-bond donors (Lipinski definition) is 0. The van der Waals surface area contributed by atoms with Crippen molar-refractivity contribution in [3.8, 4) is 17.1 Å². The van der Waals surface area contributed by atoms with Gasteiger partial charge in [0.1, 0.15) is 10.8 Å². The summed E-state index contributed by atoms with van der Waals surface area (Å²) in [5.41, 5.74) is 3.03. The van der Waals surface area contributed by atoms with Crippen LogP contribution in [-0.2, 0) is 4.99 Å². The van der Waals surface area contributed by atoms with E-state index in [1.807, 2.05) is 53.3 Å². The van der Waals surface area contributed by atoms with Gasteiger partial charge in [0.05, 0.1) is 11.3 Å². The molecule has 0 fully saturated rings. The summed E-state index contributed by atoms with van der Waals surface area (Å²) < 4.78 is 2.17. The number of thioether (sulfide) groups is 1. The molecule has 0 spiro atoms. The quantitative estimate of drug-likeness (QED) is 0.410. The van der Waals surface area contributed by atoms with Crippen LogP contribution >= 0.6 is 23.1 Å². The maximum absolute atomic E-state index is 4.86. The van der Waals surface area contributed by atoms with E-state index < -0.39 is 4.99 Å². The second kappa shape index (κ2) is 7.62. The molecule has 1 unspecified atom stereocenters. The number of benzene rings is 2. The summed E-state index contributed by atoms with van der Waals surface area (Å²) >= 11 is 3.49. The zero-order chi connectivity index (χ0) is 21.6. The lowest BCUT2D eigenvalue weighted by Gasteiger charge is -2.31. The highest BCUT2D eigenvalue weighted by Crippen LogP contribution is 2.46. The molecular formula is C23H23N6S2+. The molecule has 0 radical (unpaired) electrons. The van der Waals surface area contributed by atoms with Crippen LogP contribution in [-0.4, -0.2) is 20.1 Å². The van der Waals surface area contributed by atoms with Gasteiger partial charge in [-0.25, -0.2) is 4.98 Å². The van der Waals surface area contributed by atoms with Gasteiger partial charge in [-0.2, -0.15) is 0 Å². The van der Waals surface area contributed by atoms with Crippen LogP contribution in [0, 0.1) is 13.8 Å². The van der Waals surface area contributed by atoms with E-state index in [2.05, 4.69) is 65.9 Å². The number of thiazole rings is 1. The van der Waals surface area contributed by atoms with Crippen molar-refractivity contribution in [1.29, 1.82) is 0 Å². The summed E-state index contributed by atoms with van der Waals surface area (Å²) in [5.74, 6) is 0.803. The van der Waals surface area contributed by atoms with Crippen LogP contribution in [0.3, 0.4) is 0 Å². The molecule has 8 heteroatoms. The number of rotatable bonds is 4. The van der Waals surface area contributed by atoms with E-state index in [9.17, 15) is 0 Å². The van der Waals surface area contributed by atoms with Crippen molar-refractivity contribution in [3.05, 3.63) is 82.3 Å². The van der Waals surface area contributed by atoms with Crippen LogP contribution in [0.15, 0.2) is 71.8 Å². The van der Waals surface area contributed by atoms with Gasteiger partial charge >= 0.3 is 5.82 Å². The predicted octanol–water partition coefficient (Wildman–Crippen LogP) is 5.04. The Labute approximate surface area is 189 Å². The largest absolute Gasteiger partial charge is 0.335 e. The molecule has 0 N–H and O–H groups in total. The van der Waals surface area contributed by atoms with Crippen molar-refractivity contribution < 1.29 is 4.68 Å². The normalized spacial score (nSPS) is 18.5. The lowest BCUT2D eigenvalue weighted by Crippen LogP contribution is -2.64. The second-order valence-electron chi connectivity index (χ2n) is 7.60. The van der Waals surface area contributed by atoms with Gasteiger partial charge in [0.2, 0.25) is 4.99 Å². The zero-order valence-corrected chi connectivity index (χ0v) is 19.5. The molecule has 31 heavy (non-hydrogen) atoms. The van der Waals surface area contributed by atoms with E-state index >= 15 is 0 Å². The Morgan fingerprint density at radius 1 is 0.935 bits per heavy atom. The fourth-order valence-electron chi connectivity index (χ4n) is 3.74. The number of tetrazole rings is 1. The molecule has 3 heterocycles. The molecule has 1 aliphatic heterocycles. The van der Waals surface area contributed by atoms with E-state index in [1.165, 1.54) is 9.78 Å². The maximum atomic E-state index is 4.86. The van der Waals surface area contributed by atoms with Crippen LogP contribution in [0.25, 0.3) is 17.1 Å². The van der Waals surface area contributed by atoms with Crippen LogP contribution in [0.5, 0.6) is 0 Å². The highest BCUT2D eigenvalue weighted by molar-refractivity contribution is 8.03. The minimum absolute atomic E-state index is 0.536. The van der Waals surface area contributed by atoms with Gasteiger partial charge in [-0.15, -0.1) is 16.0 Å². The summed E-state index contributed by atoms with van der Waals surface area (Å²) in [5, 5.41) is 10.2. The van der Waals surface area contributed by atoms with Crippen molar-refractivity contribution in [2.45, 2.75) is 32.7 Å². The van der Waals surface area contributed by atoms with E-state index in [0.29, 0.717) is 0 Å².